The zero-order chi connectivity index (χ0) is 24.5. The highest BCUT2D eigenvalue weighted by atomic mass is 19.4. The zero-order valence-electron chi connectivity index (χ0n) is 19.5. The molecule has 4 rings (SSSR count). The molecule has 6 nitrogen and oxygen atoms in total. The highest BCUT2D eigenvalue weighted by Gasteiger charge is 2.33. The third-order valence-corrected chi connectivity index (χ3v) is 6.50. The van der Waals surface area contributed by atoms with E-state index < -0.39 is 17.8 Å². The van der Waals surface area contributed by atoms with E-state index in [1.165, 1.54) is 18.9 Å². The summed E-state index contributed by atoms with van der Waals surface area (Å²) in [5, 5.41) is 8.23. The summed E-state index contributed by atoms with van der Waals surface area (Å²) in [6.45, 7) is 6.71. The van der Waals surface area contributed by atoms with E-state index in [2.05, 4.69) is 24.1 Å². The van der Waals surface area contributed by atoms with Crippen molar-refractivity contribution in [3.63, 3.8) is 0 Å². The normalized spacial score (nSPS) is 18.9. The molecule has 0 unspecified atom stereocenters. The molecule has 34 heavy (non-hydrogen) atoms. The SMILES string of the molecule is CCOc1cc2nn(C3CCC(C(C)C)CC3)cc2cc1NC(=O)c1cccc(C(F)(F)F)n1. The molecule has 3 aromatic rings. The van der Waals surface area contributed by atoms with Gasteiger partial charge in [-0.3, -0.25) is 9.48 Å². The molecule has 1 saturated carbocycles. The van der Waals surface area contributed by atoms with Gasteiger partial charge in [0.15, 0.2) is 0 Å². The summed E-state index contributed by atoms with van der Waals surface area (Å²) < 4.78 is 46.7. The molecule has 0 aliphatic heterocycles. The Morgan fingerprint density at radius 3 is 2.59 bits per heavy atom. The molecule has 0 radical (unpaired) electrons. The van der Waals surface area contributed by atoms with Crippen LogP contribution in [-0.4, -0.2) is 27.3 Å². The second-order valence-electron chi connectivity index (χ2n) is 9.12. The average Bonchev–Trinajstić information content (AvgIpc) is 3.22. The molecule has 1 amide bonds. The number of ether oxygens (including phenoxy) is 1. The van der Waals surface area contributed by atoms with Crippen molar-refractivity contribution < 1.29 is 22.7 Å². The van der Waals surface area contributed by atoms with Crippen molar-refractivity contribution in [3.8, 4) is 5.75 Å². The van der Waals surface area contributed by atoms with Crippen molar-refractivity contribution in [1.29, 1.82) is 0 Å². The number of hydrogen-bond donors (Lipinski definition) is 1. The summed E-state index contributed by atoms with van der Waals surface area (Å²) in [5.74, 6) is 1.09. The standard InChI is InChI=1S/C25H29F3N4O2/c1-4-34-22-13-20-17(14-32(31-20)18-10-8-16(9-11-18)15(2)3)12-21(22)30-24(33)19-6-5-7-23(29-19)25(26,27)28/h5-7,12-16,18H,4,8-11H2,1-3H3,(H,30,33). The fourth-order valence-electron chi connectivity index (χ4n) is 4.57. The molecule has 0 bridgehead atoms. The highest BCUT2D eigenvalue weighted by Crippen LogP contribution is 2.37. The fraction of sp³-hybridized carbons (Fsp3) is 0.480. The van der Waals surface area contributed by atoms with Crippen molar-refractivity contribution in [2.75, 3.05) is 11.9 Å². The molecule has 0 atom stereocenters. The number of nitrogens with zero attached hydrogens (tertiary/aromatic N) is 3. The van der Waals surface area contributed by atoms with Crippen LogP contribution in [0.4, 0.5) is 18.9 Å². The minimum absolute atomic E-state index is 0.324. The molecular formula is C25H29F3N4O2. The fourth-order valence-corrected chi connectivity index (χ4v) is 4.57. The topological polar surface area (TPSA) is 69.0 Å². The first kappa shape index (κ1) is 24.0. The third kappa shape index (κ3) is 5.18. The van der Waals surface area contributed by atoms with Gasteiger partial charge < -0.3 is 10.1 Å². The Labute approximate surface area is 196 Å². The highest BCUT2D eigenvalue weighted by molar-refractivity contribution is 6.05. The number of amides is 1. The molecule has 0 spiro atoms. The van der Waals surface area contributed by atoms with Crippen LogP contribution in [0.3, 0.4) is 0 Å². The van der Waals surface area contributed by atoms with Gasteiger partial charge in [0.1, 0.15) is 17.1 Å². The molecule has 9 heteroatoms. The maximum Gasteiger partial charge on any atom is 0.433 e. The summed E-state index contributed by atoms with van der Waals surface area (Å²) in [4.78, 5) is 16.2. The quantitative estimate of drug-likeness (QED) is 0.443. The number of benzene rings is 1. The molecule has 1 aromatic carbocycles. The van der Waals surface area contributed by atoms with Crippen molar-refractivity contribution in [1.82, 2.24) is 14.8 Å². The third-order valence-electron chi connectivity index (χ3n) is 6.50. The van der Waals surface area contributed by atoms with Crippen LogP contribution in [0.1, 0.15) is 68.7 Å². The van der Waals surface area contributed by atoms with Crippen LogP contribution < -0.4 is 10.1 Å². The van der Waals surface area contributed by atoms with Gasteiger partial charge in [-0.2, -0.15) is 18.3 Å². The number of rotatable bonds is 6. The van der Waals surface area contributed by atoms with E-state index in [0.29, 0.717) is 30.0 Å². The number of alkyl halides is 3. The maximum absolute atomic E-state index is 13.0. The summed E-state index contributed by atoms with van der Waals surface area (Å²) in [6, 6.07) is 7.06. The minimum atomic E-state index is -4.63. The van der Waals surface area contributed by atoms with Crippen molar-refractivity contribution in [3.05, 3.63) is 47.9 Å². The lowest BCUT2D eigenvalue weighted by Crippen LogP contribution is -2.21. The van der Waals surface area contributed by atoms with Gasteiger partial charge in [0.25, 0.3) is 5.91 Å². The Balaban J connectivity index is 1.59. The van der Waals surface area contributed by atoms with Gasteiger partial charge in [-0.15, -0.1) is 0 Å². The lowest BCUT2D eigenvalue weighted by atomic mass is 9.80. The predicted octanol–water partition coefficient (Wildman–Crippen LogP) is 6.49. The average molecular weight is 475 g/mol. The molecule has 0 saturated heterocycles. The number of halogens is 3. The minimum Gasteiger partial charge on any atom is -0.492 e. The number of hydrogen-bond acceptors (Lipinski definition) is 4. The van der Waals surface area contributed by atoms with E-state index >= 15 is 0 Å². The van der Waals surface area contributed by atoms with E-state index in [4.69, 9.17) is 9.84 Å². The molecule has 1 aliphatic rings. The first-order valence-electron chi connectivity index (χ1n) is 11.7. The van der Waals surface area contributed by atoms with Gasteiger partial charge in [-0.25, -0.2) is 4.98 Å². The van der Waals surface area contributed by atoms with Crippen molar-refractivity contribution in [2.45, 2.75) is 58.7 Å². The summed E-state index contributed by atoms with van der Waals surface area (Å²) in [6.07, 6.45) is 1.82. The smallest absolute Gasteiger partial charge is 0.433 e. The van der Waals surface area contributed by atoms with Gasteiger partial charge in [0.05, 0.1) is 23.9 Å². The molecule has 182 valence electrons. The van der Waals surface area contributed by atoms with Crippen LogP contribution in [0, 0.1) is 11.8 Å². The van der Waals surface area contributed by atoms with Crippen LogP contribution in [0.2, 0.25) is 0 Å². The summed E-state index contributed by atoms with van der Waals surface area (Å²) in [7, 11) is 0. The Hall–Kier alpha value is -3.10. The van der Waals surface area contributed by atoms with Crippen LogP contribution in [0.25, 0.3) is 10.9 Å². The lowest BCUT2D eigenvalue weighted by Gasteiger charge is -2.30. The molecule has 2 heterocycles. The number of carbonyl (C=O) groups is 1. The largest absolute Gasteiger partial charge is 0.492 e. The van der Waals surface area contributed by atoms with Crippen molar-refractivity contribution in [2.24, 2.45) is 11.8 Å². The molecule has 1 fully saturated rings. The number of aromatic nitrogens is 3. The van der Waals surface area contributed by atoms with Crippen molar-refractivity contribution >= 4 is 22.5 Å². The van der Waals surface area contributed by atoms with Crippen LogP contribution in [0.5, 0.6) is 5.75 Å². The first-order chi connectivity index (χ1) is 16.2. The number of pyridine rings is 1. The van der Waals surface area contributed by atoms with E-state index in [0.717, 1.165) is 41.8 Å². The Bertz CT molecular complexity index is 1160. The van der Waals surface area contributed by atoms with Gasteiger partial charge in [-0.05, 0) is 62.6 Å². The second-order valence-corrected chi connectivity index (χ2v) is 9.12. The Morgan fingerprint density at radius 1 is 1.21 bits per heavy atom. The monoisotopic (exact) mass is 474 g/mol. The number of carbonyl (C=O) groups excluding carboxylic acids is 1. The van der Waals surface area contributed by atoms with E-state index in [1.807, 2.05) is 17.8 Å². The lowest BCUT2D eigenvalue weighted by molar-refractivity contribution is -0.141. The van der Waals surface area contributed by atoms with E-state index in [9.17, 15) is 18.0 Å². The van der Waals surface area contributed by atoms with Gasteiger partial charge >= 0.3 is 6.18 Å². The number of anilines is 1. The zero-order valence-corrected chi connectivity index (χ0v) is 19.5. The van der Waals surface area contributed by atoms with Gasteiger partial charge in [0.2, 0.25) is 0 Å². The first-order valence-corrected chi connectivity index (χ1v) is 11.7. The molecule has 1 N–H and O–H groups in total. The Morgan fingerprint density at radius 2 is 1.94 bits per heavy atom. The van der Waals surface area contributed by atoms with Crippen LogP contribution >= 0.6 is 0 Å². The summed E-state index contributed by atoms with van der Waals surface area (Å²) >= 11 is 0. The summed E-state index contributed by atoms with van der Waals surface area (Å²) in [5.41, 5.74) is -0.338. The van der Waals surface area contributed by atoms with E-state index in [1.54, 1.807) is 12.1 Å². The van der Waals surface area contributed by atoms with Crippen LogP contribution in [-0.2, 0) is 6.18 Å². The number of nitrogens with one attached hydrogen (secondary N) is 1. The van der Waals surface area contributed by atoms with Crippen LogP contribution in [0.15, 0.2) is 36.5 Å². The predicted molar refractivity (Wildman–Crippen MR) is 124 cm³/mol. The van der Waals surface area contributed by atoms with E-state index in [-0.39, 0.29) is 5.69 Å². The maximum atomic E-state index is 13.0. The second kappa shape index (κ2) is 9.64. The molecule has 1 aliphatic carbocycles. The molecular weight excluding hydrogens is 445 g/mol. The van der Waals surface area contributed by atoms with Gasteiger partial charge in [0, 0.05) is 17.6 Å². The van der Waals surface area contributed by atoms with Gasteiger partial charge in [-0.1, -0.05) is 19.9 Å². The Kier molecular flexibility index (Phi) is 6.81. The number of fused-ring (bicyclic) bond motifs is 1. The molecule has 2 aromatic heterocycles.